The van der Waals surface area contributed by atoms with Crippen molar-refractivity contribution in [1.82, 2.24) is 10.2 Å². The third-order valence-electron chi connectivity index (χ3n) is 4.49. The highest BCUT2D eigenvalue weighted by Gasteiger charge is 2.29. The van der Waals surface area contributed by atoms with Crippen LogP contribution in [0.4, 0.5) is 0 Å². The molecular formula is C18H24N2O5. The van der Waals surface area contributed by atoms with E-state index in [-0.39, 0.29) is 30.6 Å². The molecule has 2 aliphatic rings. The zero-order valence-electron chi connectivity index (χ0n) is 14.6. The summed E-state index contributed by atoms with van der Waals surface area (Å²) in [5.74, 6) is 0.592. The van der Waals surface area contributed by atoms with Crippen LogP contribution >= 0.6 is 0 Å². The first-order valence-corrected chi connectivity index (χ1v) is 8.50. The van der Waals surface area contributed by atoms with Crippen LogP contribution in [0.5, 0.6) is 5.75 Å². The van der Waals surface area contributed by atoms with E-state index in [4.69, 9.17) is 14.2 Å². The normalized spacial score (nSPS) is 22.0. The molecule has 1 fully saturated rings. The van der Waals surface area contributed by atoms with Crippen LogP contribution in [0.1, 0.15) is 22.3 Å². The maximum Gasteiger partial charge on any atom is 0.251 e. The molecule has 25 heavy (non-hydrogen) atoms. The number of benzene rings is 1. The van der Waals surface area contributed by atoms with Crippen LogP contribution in [0.15, 0.2) is 18.2 Å². The number of hydrogen-bond acceptors (Lipinski definition) is 5. The fourth-order valence-electron chi connectivity index (χ4n) is 2.93. The minimum atomic E-state index is -0.334. The maximum absolute atomic E-state index is 12.6. The predicted octanol–water partition coefficient (Wildman–Crippen LogP) is 0.614. The standard InChI is InChI=1S/C18H24N2O5/c1-20(2)17(21)11-25-16-10-23-7-6-14(16)19-18(22)13-3-4-15-12(9-13)5-8-24-15/h3-4,9,14,16H,5-8,10-11H2,1-2H3,(H,19,22)/t14-,16-/m1/s1. The summed E-state index contributed by atoms with van der Waals surface area (Å²) in [5, 5.41) is 3.02. The van der Waals surface area contributed by atoms with E-state index in [1.54, 1.807) is 20.2 Å². The van der Waals surface area contributed by atoms with E-state index < -0.39 is 0 Å². The summed E-state index contributed by atoms with van der Waals surface area (Å²) in [6.07, 6.45) is 1.14. The summed E-state index contributed by atoms with van der Waals surface area (Å²) < 4.78 is 16.6. The molecule has 136 valence electrons. The van der Waals surface area contributed by atoms with Gasteiger partial charge in [-0.05, 0) is 30.2 Å². The van der Waals surface area contributed by atoms with Crippen LogP contribution in [0.3, 0.4) is 0 Å². The number of carbonyl (C=O) groups excluding carboxylic acids is 2. The van der Waals surface area contributed by atoms with Gasteiger partial charge in [-0.15, -0.1) is 0 Å². The highest BCUT2D eigenvalue weighted by molar-refractivity contribution is 5.94. The molecule has 2 atom stereocenters. The van der Waals surface area contributed by atoms with Gasteiger partial charge in [-0.3, -0.25) is 9.59 Å². The van der Waals surface area contributed by atoms with Crippen LogP contribution in [-0.2, 0) is 20.7 Å². The van der Waals surface area contributed by atoms with Gasteiger partial charge in [0.25, 0.3) is 5.91 Å². The molecule has 0 radical (unpaired) electrons. The summed E-state index contributed by atoms with van der Waals surface area (Å²) in [6, 6.07) is 5.30. The largest absolute Gasteiger partial charge is 0.493 e. The molecule has 1 aromatic rings. The third kappa shape index (κ3) is 4.29. The predicted molar refractivity (Wildman–Crippen MR) is 90.8 cm³/mol. The first kappa shape index (κ1) is 17.7. The number of carbonyl (C=O) groups is 2. The van der Waals surface area contributed by atoms with Crippen LogP contribution in [0.25, 0.3) is 0 Å². The lowest BCUT2D eigenvalue weighted by atomic mass is 10.0. The molecule has 7 heteroatoms. The lowest BCUT2D eigenvalue weighted by molar-refractivity contribution is -0.140. The average Bonchev–Trinajstić information content (AvgIpc) is 3.08. The summed E-state index contributed by atoms with van der Waals surface area (Å²) in [7, 11) is 3.36. The van der Waals surface area contributed by atoms with Gasteiger partial charge in [0.05, 0.1) is 19.3 Å². The Kier molecular flexibility index (Phi) is 5.55. The van der Waals surface area contributed by atoms with Crippen molar-refractivity contribution < 1.29 is 23.8 Å². The Labute approximate surface area is 147 Å². The van der Waals surface area contributed by atoms with Gasteiger partial charge >= 0.3 is 0 Å². The fraction of sp³-hybridized carbons (Fsp3) is 0.556. The van der Waals surface area contributed by atoms with Crippen molar-refractivity contribution in [1.29, 1.82) is 0 Å². The molecule has 0 spiro atoms. The highest BCUT2D eigenvalue weighted by atomic mass is 16.5. The number of likely N-dealkylation sites (N-methyl/N-ethyl adjacent to an activating group) is 1. The monoisotopic (exact) mass is 348 g/mol. The zero-order valence-corrected chi connectivity index (χ0v) is 14.6. The van der Waals surface area contributed by atoms with E-state index in [1.165, 1.54) is 4.90 Å². The first-order chi connectivity index (χ1) is 12.0. The van der Waals surface area contributed by atoms with Crippen LogP contribution in [0.2, 0.25) is 0 Å². The van der Waals surface area contributed by atoms with E-state index in [2.05, 4.69) is 5.32 Å². The van der Waals surface area contributed by atoms with E-state index in [0.717, 1.165) is 17.7 Å². The molecule has 2 heterocycles. The third-order valence-corrected chi connectivity index (χ3v) is 4.49. The molecule has 0 aromatic heterocycles. The van der Waals surface area contributed by atoms with Gasteiger partial charge in [0, 0.05) is 32.7 Å². The quantitative estimate of drug-likeness (QED) is 0.844. The van der Waals surface area contributed by atoms with Crippen molar-refractivity contribution in [2.75, 3.05) is 40.5 Å². The number of ether oxygens (including phenoxy) is 3. The van der Waals surface area contributed by atoms with Gasteiger partial charge in [0.1, 0.15) is 18.5 Å². The second-order valence-electron chi connectivity index (χ2n) is 6.50. The van der Waals surface area contributed by atoms with Gasteiger partial charge in [-0.1, -0.05) is 0 Å². The van der Waals surface area contributed by atoms with Crippen LogP contribution in [-0.4, -0.2) is 69.4 Å². The molecule has 1 aromatic carbocycles. The number of hydrogen-bond donors (Lipinski definition) is 1. The summed E-state index contributed by atoms with van der Waals surface area (Å²) in [4.78, 5) is 25.8. The SMILES string of the molecule is CN(C)C(=O)CO[C@@H]1COCC[C@H]1NC(=O)c1ccc2c(c1)CCO2. The Morgan fingerprint density at radius 2 is 2.16 bits per heavy atom. The van der Waals surface area contributed by atoms with Gasteiger partial charge in [0.2, 0.25) is 5.91 Å². The summed E-state index contributed by atoms with van der Waals surface area (Å²) in [6.45, 7) is 1.56. The Hall–Kier alpha value is -2.12. The number of nitrogens with zero attached hydrogens (tertiary/aromatic N) is 1. The van der Waals surface area contributed by atoms with Crippen molar-refractivity contribution in [2.45, 2.75) is 25.0 Å². The first-order valence-electron chi connectivity index (χ1n) is 8.50. The second kappa shape index (κ2) is 7.84. The number of amides is 2. The topological polar surface area (TPSA) is 77.1 Å². The van der Waals surface area contributed by atoms with E-state index in [9.17, 15) is 9.59 Å². The number of nitrogens with one attached hydrogen (secondary N) is 1. The van der Waals surface area contributed by atoms with Crippen molar-refractivity contribution in [3.05, 3.63) is 29.3 Å². The van der Waals surface area contributed by atoms with Gasteiger partial charge in [0.15, 0.2) is 0 Å². The van der Waals surface area contributed by atoms with Gasteiger partial charge in [-0.2, -0.15) is 0 Å². The van der Waals surface area contributed by atoms with Gasteiger partial charge in [-0.25, -0.2) is 0 Å². The Morgan fingerprint density at radius 1 is 1.32 bits per heavy atom. The maximum atomic E-state index is 12.6. The van der Waals surface area contributed by atoms with Crippen LogP contribution < -0.4 is 10.1 Å². The molecule has 0 aliphatic carbocycles. The molecule has 7 nitrogen and oxygen atoms in total. The molecule has 0 saturated carbocycles. The summed E-state index contributed by atoms with van der Waals surface area (Å²) in [5.41, 5.74) is 1.67. The van der Waals surface area contributed by atoms with E-state index >= 15 is 0 Å². The second-order valence-corrected chi connectivity index (χ2v) is 6.50. The lowest BCUT2D eigenvalue weighted by Crippen LogP contribution is -2.50. The van der Waals surface area contributed by atoms with Crippen molar-refractivity contribution in [3.63, 3.8) is 0 Å². The highest BCUT2D eigenvalue weighted by Crippen LogP contribution is 2.26. The minimum Gasteiger partial charge on any atom is -0.493 e. The van der Waals surface area contributed by atoms with Crippen LogP contribution in [0, 0.1) is 0 Å². The van der Waals surface area contributed by atoms with Gasteiger partial charge < -0.3 is 24.4 Å². The van der Waals surface area contributed by atoms with Crippen molar-refractivity contribution in [2.24, 2.45) is 0 Å². The number of fused-ring (bicyclic) bond motifs is 1. The molecule has 2 aliphatic heterocycles. The Morgan fingerprint density at radius 3 is 2.96 bits per heavy atom. The summed E-state index contributed by atoms with van der Waals surface area (Å²) >= 11 is 0. The molecular weight excluding hydrogens is 324 g/mol. The molecule has 1 saturated heterocycles. The Bertz CT molecular complexity index is 646. The average molecular weight is 348 g/mol. The smallest absolute Gasteiger partial charge is 0.251 e. The minimum absolute atomic E-state index is 0.0242. The number of rotatable bonds is 5. The Balaban J connectivity index is 1.61. The van der Waals surface area contributed by atoms with E-state index in [1.807, 2.05) is 12.1 Å². The molecule has 0 bridgehead atoms. The fourth-order valence-corrected chi connectivity index (χ4v) is 2.93. The van der Waals surface area contributed by atoms with E-state index in [0.29, 0.717) is 31.8 Å². The molecule has 1 N–H and O–H groups in total. The molecule has 3 rings (SSSR count). The molecule has 2 amide bonds. The molecule has 0 unspecified atom stereocenters. The zero-order chi connectivity index (χ0) is 17.8. The lowest BCUT2D eigenvalue weighted by Gasteiger charge is -2.32. The van der Waals surface area contributed by atoms with Crippen molar-refractivity contribution >= 4 is 11.8 Å². The van der Waals surface area contributed by atoms with Crippen molar-refractivity contribution in [3.8, 4) is 5.75 Å².